The second-order valence-corrected chi connectivity index (χ2v) is 5.79. The Balaban J connectivity index is 2.52. The molecule has 0 heterocycles. The van der Waals surface area contributed by atoms with Crippen LogP contribution in [0.5, 0.6) is 17.2 Å². The van der Waals surface area contributed by atoms with Crippen molar-refractivity contribution in [1.29, 1.82) is 0 Å². The summed E-state index contributed by atoms with van der Waals surface area (Å²) in [5.41, 5.74) is 0.831. The van der Waals surface area contributed by atoms with Gasteiger partial charge in [0.2, 0.25) is 11.7 Å². The van der Waals surface area contributed by atoms with Gasteiger partial charge in [0.25, 0.3) is 0 Å². The molecule has 1 aromatic rings. The Bertz CT molecular complexity index is 538. The number of thioether (sulfide) groups is 1. The maximum absolute atomic E-state index is 11.8. The van der Waals surface area contributed by atoms with Crippen LogP contribution in [-0.2, 0) is 20.9 Å². The summed E-state index contributed by atoms with van der Waals surface area (Å²) in [6, 6.07) is 3.57. The van der Waals surface area contributed by atoms with Crippen LogP contribution in [0.1, 0.15) is 12.0 Å². The average Bonchev–Trinajstić information content (AvgIpc) is 2.61. The van der Waals surface area contributed by atoms with Gasteiger partial charge < -0.3 is 24.3 Å². The zero-order chi connectivity index (χ0) is 17.9. The van der Waals surface area contributed by atoms with Crippen LogP contribution in [0, 0.1) is 0 Å². The van der Waals surface area contributed by atoms with Crippen molar-refractivity contribution in [2.45, 2.75) is 13.0 Å². The van der Waals surface area contributed by atoms with Gasteiger partial charge in [0.05, 0.1) is 40.6 Å². The molecule has 1 rings (SSSR count). The van der Waals surface area contributed by atoms with Gasteiger partial charge in [0, 0.05) is 12.3 Å². The summed E-state index contributed by atoms with van der Waals surface area (Å²) in [6.07, 6.45) is 0.293. The Hall–Kier alpha value is -2.09. The van der Waals surface area contributed by atoms with E-state index in [1.54, 1.807) is 12.1 Å². The standard InChI is InChI=1S/C16H23NO6S/c1-20-12-7-11(8-13(21-2)16(12)23-4)9-17-14(18)10-24-6-5-15(19)22-3/h7-8H,5-6,9-10H2,1-4H3,(H,17,18). The summed E-state index contributed by atoms with van der Waals surface area (Å²) in [5, 5.41) is 2.81. The second kappa shape index (κ2) is 10.6. The molecule has 0 aliphatic heterocycles. The van der Waals surface area contributed by atoms with Crippen LogP contribution in [0.15, 0.2) is 12.1 Å². The van der Waals surface area contributed by atoms with Crippen LogP contribution in [0.2, 0.25) is 0 Å². The van der Waals surface area contributed by atoms with Crippen LogP contribution in [0.25, 0.3) is 0 Å². The lowest BCUT2D eigenvalue weighted by Gasteiger charge is -2.14. The van der Waals surface area contributed by atoms with Crippen molar-refractivity contribution in [2.75, 3.05) is 39.9 Å². The molecule has 1 aromatic carbocycles. The smallest absolute Gasteiger partial charge is 0.306 e. The third kappa shape index (κ3) is 6.19. The molecule has 0 fully saturated rings. The second-order valence-electron chi connectivity index (χ2n) is 4.69. The molecule has 134 valence electrons. The van der Waals surface area contributed by atoms with Gasteiger partial charge in [-0.1, -0.05) is 0 Å². The van der Waals surface area contributed by atoms with Crippen molar-refractivity contribution in [3.8, 4) is 17.2 Å². The van der Waals surface area contributed by atoms with E-state index in [0.29, 0.717) is 36.0 Å². The lowest BCUT2D eigenvalue weighted by atomic mass is 10.2. The number of methoxy groups -OCH3 is 4. The Morgan fingerprint density at radius 1 is 1.04 bits per heavy atom. The van der Waals surface area contributed by atoms with Gasteiger partial charge in [0.1, 0.15) is 0 Å². The fourth-order valence-electron chi connectivity index (χ4n) is 1.91. The molecule has 0 bridgehead atoms. The van der Waals surface area contributed by atoms with E-state index in [1.807, 2.05) is 0 Å². The van der Waals surface area contributed by atoms with E-state index in [9.17, 15) is 9.59 Å². The SMILES string of the molecule is COC(=O)CCSCC(=O)NCc1cc(OC)c(OC)c(OC)c1. The topological polar surface area (TPSA) is 83.1 Å². The van der Waals surface area contributed by atoms with E-state index in [1.165, 1.54) is 40.2 Å². The first-order valence-corrected chi connectivity index (χ1v) is 8.41. The maximum Gasteiger partial charge on any atom is 0.306 e. The van der Waals surface area contributed by atoms with E-state index >= 15 is 0 Å². The van der Waals surface area contributed by atoms with Gasteiger partial charge in [-0.15, -0.1) is 0 Å². The van der Waals surface area contributed by atoms with Gasteiger partial charge in [0.15, 0.2) is 11.5 Å². The highest BCUT2D eigenvalue weighted by molar-refractivity contribution is 7.99. The van der Waals surface area contributed by atoms with Crippen molar-refractivity contribution in [2.24, 2.45) is 0 Å². The molecular formula is C16H23NO6S. The van der Waals surface area contributed by atoms with Gasteiger partial charge in [-0.3, -0.25) is 9.59 Å². The highest BCUT2D eigenvalue weighted by atomic mass is 32.2. The van der Waals surface area contributed by atoms with E-state index in [4.69, 9.17) is 14.2 Å². The number of rotatable bonds is 10. The van der Waals surface area contributed by atoms with Crippen LogP contribution in [0.3, 0.4) is 0 Å². The minimum absolute atomic E-state index is 0.112. The number of esters is 1. The zero-order valence-electron chi connectivity index (χ0n) is 14.3. The first kappa shape index (κ1) is 20.0. The summed E-state index contributed by atoms with van der Waals surface area (Å²) in [5.74, 6) is 2.01. The molecule has 1 amide bonds. The zero-order valence-corrected chi connectivity index (χ0v) is 15.2. The molecule has 1 N–H and O–H groups in total. The molecule has 0 radical (unpaired) electrons. The third-order valence-corrected chi connectivity index (χ3v) is 4.08. The average molecular weight is 357 g/mol. The minimum Gasteiger partial charge on any atom is -0.493 e. The molecule has 0 aromatic heterocycles. The minimum atomic E-state index is -0.277. The molecule has 8 heteroatoms. The van der Waals surface area contributed by atoms with Crippen LogP contribution < -0.4 is 19.5 Å². The predicted octanol–water partition coefficient (Wildman–Crippen LogP) is 1.62. The van der Waals surface area contributed by atoms with E-state index in [-0.39, 0.29) is 17.6 Å². The number of amides is 1. The number of carbonyl (C=O) groups is 2. The molecule has 7 nitrogen and oxygen atoms in total. The number of nitrogens with one attached hydrogen (secondary N) is 1. The number of ether oxygens (including phenoxy) is 4. The van der Waals surface area contributed by atoms with Crippen molar-refractivity contribution in [3.63, 3.8) is 0 Å². The van der Waals surface area contributed by atoms with Crippen LogP contribution in [0.4, 0.5) is 0 Å². The molecule has 0 aliphatic carbocycles. The monoisotopic (exact) mass is 357 g/mol. The van der Waals surface area contributed by atoms with E-state index < -0.39 is 0 Å². The lowest BCUT2D eigenvalue weighted by molar-refractivity contribution is -0.140. The van der Waals surface area contributed by atoms with Gasteiger partial charge in [-0.05, 0) is 17.7 Å². The Labute approximate surface area is 146 Å². The first-order valence-electron chi connectivity index (χ1n) is 7.25. The number of benzene rings is 1. The number of carbonyl (C=O) groups excluding carboxylic acids is 2. The van der Waals surface area contributed by atoms with Crippen LogP contribution >= 0.6 is 11.8 Å². The fourth-order valence-corrected chi connectivity index (χ4v) is 2.65. The molecule has 24 heavy (non-hydrogen) atoms. The summed E-state index contributed by atoms with van der Waals surface area (Å²) < 4.78 is 20.3. The van der Waals surface area contributed by atoms with Gasteiger partial charge >= 0.3 is 5.97 Å². The van der Waals surface area contributed by atoms with E-state index in [0.717, 1.165) is 5.56 Å². The predicted molar refractivity (Wildman–Crippen MR) is 91.9 cm³/mol. The van der Waals surface area contributed by atoms with Crippen molar-refractivity contribution < 1.29 is 28.5 Å². The normalized spacial score (nSPS) is 10.0. The molecule has 0 unspecified atom stereocenters. The molecule has 0 spiro atoms. The van der Waals surface area contributed by atoms with Crippen LogP contribution in [-0.4, -0.2) is 51.8 Å². The largest absolute Gasteiger partial charge is 0.493 e. The Morgan fingerprint density at radius 2 is 1.67 bits per heavy atom. The summed E-state index contributed by atoms with van der Waals surface area (Å²) in [4.78, 5) is 22.8. The molecular weight excluding hydrogens is 334 g/mol. The lowest BCUT2D eigenvalue weighted by Crippen LogP contribution is -2.24. The first-order chi connectivity index (χ1) is 11.5. The fraction of sp³-hybridized carbons (Fsp3) is 0.500. The number of hydrogen-bond donors (Lipinski definition) is 1. The summed E-state index contributed by atoms with van der Waals surface area (Å²) in [6.45, 7) is 0.340. The highest BCUT2D eigenvalue weighted by Gasteiger charge is 2.13. The van der Waals surface area contributed by atoms with Crippen molar-refractivity contribution >= 4 is 23.6 Å². The molecule has 0 saturated carbocycles. The highest BCUT2D eigenvalue weighted by Crippen LogP contribution is 2.38. The van der Waals surface area contributed by atoms with Crippen molar-refractivity contribution in [3.05, 3.63) is 17.7 Å². The molecule has 0 saturated heterocycles. The Kier molecular flexibility index (Phi) is 8.85. The van der Waals surface area contributed by atoms with Gasteiger partial charge in [-0.25, -0.2) is 0 Å². The van der Waals surface area contributed by atoms with Crippen molar-refractivity contribution in [1.82, 2.24) is 5.32 Å². The summed E-state index contributed by atoms with van der Waals surface area (Å²) >= 11 is 1.38. The van der Waals surface area contributed by atoms with E-state index in [2.05, 4.69) is 10.1 Å². The quantitative estimate of drug-likeness (QED) is 0.503. The maximum atomic E-state index is 11.8. The third-order valence-electron chi connectivity index (χ3n) is 3.13. The Morgan fingerprint density at radius 3 is 2.17 bits per heavy atom. The van der Waals surface area contributed by atoms with Gasteiger partial charge in [-0.2, -0.15) is 11.8 Å². The molecule has 0 aliphatic rings. The number of hydrogen-bond acceptors (Lipinski definition) is 7. The summed E-state index contributed by atoms with van der Waals surface area (Å²) in [7, 11) is 5.96. The molecule has 0 atom stereocenters.